The largest absolute Gasteiger partial charge is 0.388 e. The monoisotopic (exact) mass is 250 g/mol. The van der Waals surface area contributed by atoms with Gasteiger partial charge in [0, 0.05) is 24.2 Å². The summed E-state index contributed by atoms with van der Waals surface area (Å²) in [6.07, 6.45) is 3.81. The minimum atomic E-state index is -0.512. The van der Waals surface area contributed by atoms with Crippen molar-refractivity contribution in [3.63, 3.8) is 0 Å². The van der Waals surface area contributed by atoms with Gasteiger partial charge in [0.05, 0.1) is 12.3 Å². The van der Waals surface area contributed by atoms with Gasteiger partial charge in [0.15, 0.2) is 0 Å². The molecule has 0 amide bonds. The molecule has 0 aliphatic carbocycles. The fourth-order valence-corrected chi connectivity index (χ4v) is 1.84. The van der Waals surface area contributed by atoms with Crippen molar-refractivity contribution in [1.29, 1.82) is 0 Å². The summed E-state index contributed by atoms with van der Waals surface area (Å²) >= 11 is 5.80. The Hall–Kier alpha value is -1.32. The molecular weight excluding hydrogens is 236 g/mol. The molecule has 2 rings (SSSR count). The first-order chi connectivity index (χ1) is 8.19. The van der Waals surface area contributed by atoms with Gasteiger partial charge in [-0.1, -0.05) is 23.7 Å². The zero-order valence-electron chi connectivity index (χ0n) is 9.68. The maximum atomic E-state index is 10.1. The first-order valence-electron chi connectivity index (χ1n) is 5.64. The van der Waals surface area contributed by atoms with Crippen LogP contribution >= 0.6 is 11.6 Å². The number of hydrogen-bond acceptors (Lipinski definition) is 2. The first-order valence-corrected chi connectivity index (χ1v) is 6.01. The summed E-state index contributed by atoms with van der Waals surface area (Å²) in [5, 5.41) is 14.9. The lowest BCUT2D eigenvalue weighted by Gasteiger charge is -2.09. The van der Waals surface area contributed by atoms with E-state index in [2.05, 4.69) is 5.10 Å². The Morgan fingerprint density at radius 1 is 1.35 bits per heavy atom. The quantitative estimate of drug-likeness (QED) is 0.906. The summed E-state index contributed by atoms with van der Waals surface area (Å²) < 4.78 is 1.85. The Balaban J connectivity index is 2.05. The van der Waals surface area contributed by atoms with Crippen LogP contribution in [0.2, 0.25) is 5.02 Å². The minimum Gasteiger partial charge on any atom is -0.388 e. The molecule has 0 aliphatic heterocycles. The lowest BCUT2D eigenvalue weighted by molar-refractivity contribution is 0.178. The van der Waals surface area contributed by atoms with Crippen LogP contribution in [-0.2, 0) is 13.0 Å². The second kappa shape index (κ2) is 5.34. The average Bonchev–Trinajstić information content (AvgIpc) is 2.77. The number of nitrogens with zero attached hydrogens (tertiary/aromatic N) is 2. The van der Waals surface area contributed by atoms with Crippen LogP contribution in [0.1, 0.15) is 24.2 Å². The Kier molecular flexibility index (Phi) is 3.82. The Bertz CT molecular complexity index is 478. The van der Waals surface area contributed by atoms with Gasteiger partial charge in [0.1, 0.15) is 0 Å². The van der Waals surface area contributed by atoms with Gasteiger partial charge in [-0.05, 0) is 30.2 Å². The van der Waals surface area contributed by atoms with E-state index < -0.39 is 6.10 Å². The number of rotatable bonds is 4. The maximum Gasteiger partial charge on any atom is 0.0831 e. The van der Waals surface area contributed by atoms with Crippen molar-refractivity contribution < 1.29 is 5.11 Å². The van der Waals surface area contributed by atoms with E-state index in [-0.39, 0.29) is 0 Å². The molecule has 17 heavy (non-hydrogen) atoms. The van der Waals surface area contributed by atoms with Crippen LogP contribution in [-0.4, -0.2) is 14.9 Å². The molecular formula is C13H15ClN2O. The molecule has 0 spiro atoms. The van der Waals surface area contributed by atoms with Gasteiger partial charge in [-0.3, -0.25) is 4.68 Å². The zero-order valence-corrected chi connectivity index (χ0v) is 10.4. The molecule has 1 aromatic carbocycles. The maximum absolute atomic E-state index is 10.1. The molecule has 1 heterocycles. The second-order valence-corrected chi connectivity index (χ2v) is 4.41. The third-order valence-electron chi connectivity index (χ3n) is 2.69. The highest BCUT2D eigenvalue weighted by molar-refractivity contribution is 6.30. The molecule has 2 aromatic rings. The number of halogens is 1. The average molecular weight is 251 g/mol. The molecule has 0 fully saturated rings. The summed E-state index contributed by atoms with van der Waals surface area (Å²) in [6.45, 7) is 2.88. The SMILES string of the molecule is CCn1cc(CC(O)c2ccc(Cl)cc2)cn1. The highest BCUT2D eigenvalue weighted by atomic mass is 35.5. The van der Waals surface area contributed by atoms with E-state index in [0.717, 1.165) is 17.7 Å². The Morgan fingerprint density at radius 2 is 2.06 bits per heavy atom. The lowest BCUT2D eigenvalue weighted by atomic mass is 10.0. The molecule has 0 radical (unpaired) electrons. The second-order valence-electron chi connectivity index (χ2n) is 3.98. The standard InChI is InChI=1S/C13H15ClN2O/c1-2-16-9-10(8-15-16)7-13(17)11-3-5-12(14)6-4-11/h3-6,8-9,13,17H,2,7H2,1H3. The van der Waals surface area contributed by atoms with Crippen LogP contribution in [0.15, 0.2) is 36.7 Å². The fraction of sp³-hybridized carbons (Fsp3) is 0.308. The van der Waals surface area contributed by atoms with Crippen molar-refractivity contribution in [2.45, 2.75) is 26.0 Å². The van der Waals surface area contributed by atoms with Gasteiger partial charge in [-0.2, -0.15) is 5.10 Å². The highest BCUT2D eigenvalue weighted by Crippen LogP contribution is 2.20. The summed E-state index contributed by atoms with van der Waals surface area (Å²) in [5.74, 6) is 0. The van der Waals surface area contributed by atoms with Crippen molar-refractivity contribution in [2.75, 3.05) is 0 Å². The summed E-state index contributed by atoms with van der Waals surface area (Å²) in [7, 11) is 0. The highest BCUT2D eigenvalue weighted by Gasteiger charge is 2.09. The van der Waals surface area contributed by atoms with Gasteiger partial charge in [-0.15, -0.1) is 0 Å². The van der Waals surface area contributed by atoms with E-state index in [1.165, 1.54) is 0 Å². The van der Waals surface area contributed by atoms with E-state index in [0.29, 0.717) is 11.4 Å². The molecule has 0 bridgehead atoms. The van der Waals surface area contributed by atoms with Crippen molar-refractivity contribution in [3.8, 4) is 0 Å². The summed E-state index contributed by atoms with van der Waals surface area (Å²) in [6, 6.07) is 7.26. The number of hydrogen-bond donors (Lipinski definition) is 1. The van der Waals surface area contributed by atoms with Crippen LogP contribution in [0.3, 0.4) is 0 Å². The minimum absolute atomic E-state index is 0.512. The predicted octanol–water partition coefficient (Wildman–Crippen LogP) is 2.83. The molecule has 1 aromatic heterocycles. The van der Waals surface area contributed by atoms with Crippen molar-refractivity contribution in [2.24, 2.45) is 0 Å². The predicted molar refractivity (Wildman–Crippen MR) is 68.0 cm³/mol. The van der Waals surface area contributed by atoms with Gasteiger partial charge >= 0.3 is 0 Å². The van der Waals surface area contributed by atoms with Gasteiger partial charge < -0.3 is 5.11 Å². The lowest BCUT2D eigenvalue weighted by Crippen LogP contribution is -2.01. The first kappa shape index (κ1) is 12.1. The molecule has 0 saturated carbocycles. The van der Waals surface area contributed by atoms with Crippen LogP contribution < -0.4 is 0 Å². The van der Waals surface area contributed by atoms with Crippen molar-refractivity contribution >= 4 is 11.6 Å². The fourth-order valence-electron chi connectivity index (χ4n) is 1.71. The number of aryl methyl sites for hydroxylation is 1. The number of aromatic nitrogens is 2. The van der Waals surface area contributed by atoms with E-state index in [1.807, 2.05) is 29.9 Å². The zero-order chi connectivity index (χ0) is 12.3. The topological polar surface area (TPSA) is 38.0 Å². The van der Waals surface area contributed by atoms with Gasteiger partial charge in [-0.25, -0.2) is 0 Å². The Labute approximate surface area is 106 Å². The molecule has 3 nitrogen and oxygen atoms in total. The van der Waals surface area contributed by atoms with Gasteiger partial charge in [0.25, 0.3) is 0 Å². The van der Waals surface area contributed by atoms with Crippen LogP contribution in [0.4, 0.5) is 0 Å². The third-order valence-corrected chi connectivity index (χ3v) is 2.95. The van der Waals surface area contributed by atoms with E-state index in [4.69, 9.17) is 11.6 Å². The number of benzene rings is 1. The van der Waals surface area contributed by atoms with Crippen molar-refractivity contribution in [1.82, 2.24) is 9.78 Å². The molecule has 4 heteroatoms. The van der Waals surface area contributed by atoms with E-state index in [9.17, 15) is 5.11 Å². The molecule has 1 atom stereocenters. The van der Waals surface area contributed by atoms with Gasteiger partial charge in [0.2, 0.25) is 0 Å². The van der Waals surface area contributed by atoms with Crippen LogP contribution in [0.25, 0.3) is 0 Å². The molecule has 0 saturated heterocycles. The van der Waals surface area contributed by atoms with Crippen LogP contribution in [0, 0.1) is 0 Å². The summed E-state index contributed by atoms with van der Waals surface area (Å²) in [5.41, 5.74) is 1.91. The van der Waals surface area contributed by atoms with E-state index >= 15 is 0 Å². The van der Waals surface area contributed by atoms with E-state index in [1.54, 1.807) is 18.3 Å². The third kappa shape index (κ3) is 3.08. The Morgan fingerprint density at radius 3 is 2.65 bits per heavy atom. The molecule has 1 N–H and O–H groups in total. The molecule has 1 unspecified atom stereocenters. The summed E-state index contributed by atoms with van der Waals surface area (Å²) in [4.78, 5) is 0. The smallest absolute Gasteiger partial charge is 0.0831 e. The number of aliphatic hydroxyl groups excluding tert-OH is 1. The number of aliphatic hydroxyl groups is 1. The normalized spacial score (nSPS) is 12.6. The van der Waals surface area contributed by atoms with Crippen molar-refractivity contribution in [3.05, 3.63) is 52.8 Å². The molecule has 0 aliphatic rings. The molecule has 90 valence electrons. The van der Waals surface area contributed by atoms with Crippen LogP contribution in [0.5, 0.6) is 0 Å².